The van der Waals surface area contributed by atoms with Crippen LogP contribution in [0, 0.1) is 15.4 Å². The minimum Gasteiger partial charge on any atom is -0.457 e. The Bertz CT molecular complexity index is 887. The minimum atomic E-state index is -0.983. The maximum absolute atomic E-state index is 13.3. The molecule has 2 aromatic carbocycles. The third-order valence-electron chi connectivity index (χ3n) is 5.15. The summed E-state index contributed by atoms with van der Waals surface area (Å²) >= 11 is -0.983. The number of Topliss-reactive ketones (excluding diaryl/α,β-unsaturated/α-hetero) is 1. The molecule has 2 N–H and O–H groups in total. The number of nitrogens with one attached hydrogen (secondary N) is 1. The average molecular weight is 522 g/mol. The molecule has 5 atom stereocenters. The SMILES string of the molecule is C[C@@H](O)[C@H]1C(=O)N[C@@H]1[C@@H](C)C(=O)C([I+]c1ccccc1)C(=O)OCc1ccccc1. The molecule has 6 nitrogen and oxygen atoms in total. The molecular formula is C23H25INO5+. The van der Waals surface area contributed by atoms with E-state index in [0.717, 1.165) is 9.13 Å². The monoisotopic (exact) mass is 522 g/mol. The van der Waals surface area contributed by atoms with E-state index in [1.165, 1.54) is 6.92 Å². The fourth-order valence-electron chi connectivity index (χ4n) is 3.41. The standard InChI is InChI=1S/C23H24INO5/c1-14(20-18(15(2)26)22(28)25-20)21(27)19(24-17-11-7-4-8-12-17)23(29)30-13-16-9-5-3-6-10-16/h3-12,14-15,18-20,26H,13H2,1-2H3/p+1/t14-,15-,18-,19?,20-/m1/s1. The number of halogens is 1. The fraction of sp³-hybridized carbons (Fsp3) is 0.348. The Morgan fingerprint density at radius 2 is 1.67 bits per heavy atom. The van der Waals surface area contributed by atoms with Crippen LogP contribution in [0.25, 0.3) is 0 Å². The van der Waals surface area contributed by atoms with Crippen LogP contribution < -0.4 is 26.5 Å². The molecule has 0 radical (unpaired) electrons. The molecule has 0 saturated carbocycles. The number of aliphatic hydroxyl groups excluding tert-OH is 1. The van der Waals surface area contributed by atoms with Crippen molar-refractivity contribution >= 4 is 17.7 Å². The van der Waals surface area contributed by atoms with Crippen LogP contribution in [0.5, 0.6) is 0 Å². The number of esters is 1. The first kappa shape index (κ1) is 22.4. The van der Waals surface area contributed by atoms with Crippen molar-refractivity contribution in [3.8, 4) is 0 Å². The van der Waals surface area contributed by atoms with Gasteiger partial charge < -0.3 is 15.2 Å². The molecule has 1 unspecified atom stereocenters. The number of ketones is 1. The summed E-state index contributed by atoms with van der Waals surface area (Å²) in [4.78, 5) is 38.0. The van der Waals surface area contributed by atoms with Gasteiger partial charge in [-0.05, 0) is 24.6 Å². The molecule has 2 aromatic rings. The Morgan fingerprint density at radius 1 is 1.07 bits per heavy atom. The third-order valence-corrected chi connectivity index (χ3v) is 8.34. The molecule has 0 bridgehead atoms. The molecule has 7 heteroatoms. The Morgan fingerprint density at radius 3 is 2.23 bits per heavy atom. The highest BCUT2D eigenvalue weighted by Crippen LogP contribution is 2.26. The molecule has 0 spiro atoms. The normalized spacial score (nSPS) is 21.0. The lowest BCUT2D eigenvalue weighted by atomic mass is 9.77. The molecule has 30 heavy (non-hydrogen) atoms. The second-order valence-electron chi connectivity index (χ2n) is 7.35. The summed E-state index contributed by atoms with van der Waals surface area (Å²) in [6, 6.07) is 18.3. The van der Waals surface area contributed by atoms with Crippen LogP contribution in [0.1, 0.15) is 19.4 Å². The highest BCUT2D eigenvalue weighted by molar-refractivity contribution is 6.03. The number of β-lactam (4-membered cyclic amide) rings is 1. The zero-order valence-corrected chi connectivity index (χ0v) is 19.0. The van der Waals surface area contributed by atoms with Crippen molar-refractivity contribution in [1.29, 1.82) is 0 Å². The van der Waals surface area contributed by atoms with Gasteiger partial charge in [0, 0.05) is 5.92 Å². The largest absolute Gasteiger partial charge is 0.457 e. The Hall–Kier alpha value is -2.26. The first-order valence-corrected chi connectivity index (χ1v) is 12.1. The maximum Gasteiger partial charge on any atom is 0.366 e. The lowest BCUT2D eigenvalue weighted by Gasteiger charge is -2.41. The molecule has 1 saturated heterocycles. The summed E-state index contributed by atoms with van der Waals surface area (Å²) in [5, 5.41) is 12.6. The van der Waals surface area contributed by atoms with Gasteiger partial charge in [0.15, 0.2) is 3.57 Å². The number of benzene rings is 2. The second-order valence-corrected chi connectivity index (χ2v) is 10.5. The first-order chi connectivity index (χ1) is 14.4. The second kappa shape index (κ2) is 10.2. The molecule has 1 aliphatic heterocycles. The molecule has 1 aliphatic rings. The Labute approximate surface area is 186 Å². The Kier molecular flexibility index (Phi) is 7.60. The topological polar surface area (TPSA) is 92.7 Å². The van der Waals surface area contributed by atoms with E-state index >= 15 is 0 Å². The quantitative estimate of drug-likeness (QED) is 0.141. The lowest BCUT2D eigenvalue weighted by Crippen LogP contribution is -3.66. The van der Waals surface area contributed by atoms with Crippen LogP contribution >= 0.6 is 0 Å². The summed E-state index contributed by atoms with van der Waals surface area (Å²) in [5.74, 6) is -2.29. The zero-order valence-electron chi connectivity index (χ0n) is 16.8. The highest BCUT2D eigenvalue weighted by atomic mass is 127. The maximum atomic E-state index is 13.3. The van der Waals surface area contributed by atoms with E-state index in [1.54, 1.807) is 6.92 Å². The zero-order chi connectivity index (χ0) is 21.7. The van der Waals surface area contributed by atoms with E-state index in [0.29, 0.717) is 0 Å². The van der Waals surface area contributed by atoms with Crippen molar-refractivity contribution in [1.82, 2.24) is 5.32 Å². The molecule has 3 rings (SSSR count). The number of amides is 1. The van der Waals surface area contributed by atoms with E-state index < -0.39 is 55.1 Å². The van der Waals surface area contributed by atoms with Gasteiger partial charge in [0.2, 0.25) is 11.7 Å². The average Bonchev–Trinajstić information content (AvgIpc) is 2.74. The van der Waals surface area contributed by atoms with E-state index in [1.807, 2.05) is 60.7 Å². The van der Waals surface area contributed by atoms with Crippen molar-refractivity contribution < 1.29 is 45.4 Å². The van der Waals surface area contributed by atoms with Crippen LogP contribution in [0.4, 0.5) is 0 Å². The van der Waals surface area contributed by atoms with Gasteiger partial charge in [0.25, 0.3) is 0 Å². The van der Waals surface area contributed by atoms with Gasteiger partial charge in [-0.3, -0.25) is 9.59 Å². The van der Waals surface area contributed by atoms with Gasteiger partial charge in [0.1, 0.15) is 6.61 Å². The van der Waals surface area contributed by atoms with Crippen molar-refractivity contribution in [2.75, 3.05) is 0 Å². The van der Waals surface area contributed by atoms with Gasteiger partial charge >= 0.3 is 31.1 Å². The molecular weight excluding hydrogens is 497 g/mol. The van der Waals surface area contributed by atoms with Crippen LogP contribution in [0.15, 0.2) is 60.7 Å². The summed E-state index contributed by atoms with van der Waals surface area (Å²) in [7, 11) is 0. The summed E-state index contributed by atoms with van der Waals surface area (Å²) in [6.45, 7) is 3.34. The van der Waals surface area contributed by atoms with Gasteiger partial charge in [-0.15, -0.1) is 0 Å². The van der Waals surface area contributed by atoms with Crippen molar-refractivity contribution in [2.24, 2.45) is 11.8 Å². The van der Waals surface area contributed by atoms with E-state index in [9.17, 15) is 19.5 Å². The number of hydrogen-bond acceptors (Lipinski definition) is 5. The summed E-state index contributed by atoms with van der Waals surface area (Å²) in [5.41, 5.74) is 0.850. The Balaban J connectivity index is 1.75. The summed E-state index contributed by atoms with van der Waals surface area (Å²) in [6.07, 6.45) is -0.855. The molecule has 1 heterocycles. The molecule has 158 valence electrons. The van der Waals surface area contributed by atoms with Gasteiger partial charge in [-0.1, -0.05) is 55.5 Å². The van der Waals surface area contributed by atoms with Gasteiger partial charge in [-0.2, -0.15) is 0 Å². The van der Waals surface area contributed by atoms with E-state index in [-0.39, 0.29) is 18.3 Å². The predicted octanol–water partition coefficient (Wildman–Crippen LogP) is -1.24. The molecule has 1 amide bonds. The number of carbonyl (C=O) groups is 3. The number of aliphatic hydroxyl groups is 1. The number of carbonyl (C=O) groups excluding carboxylic acids is 3. The molecule has 0 aromatic heterocycles. The highest BCUT2D eigenvalue weighted by Gasteiger charge is 2.52. The minimum absolute atomic E-state index is 0.104. The number of hydrogen-bond donors (Lipinski definition) is 2. The van der Waals surface area contributed by atoms with Crippen LogP contribution in [-0.4, -0.2) is 38.8 Å². The van der Waals surface area contributed by atoms with Crippen LogP contribution in [0.3, 0.4) is 0 Å². The summed E-state index contributed by atoms with van der Waals surface area (Å²) < 4.78 is 5.58. The molecule has 0 aliphatic carbocycles. The fourth-order valence-corrected chi connectivity index (χ4v) is 6.27. The van der Waals surface area contributed by atoms with E-state index in [2.05, 4.69) is 5.32 Å². The van der Waals surface area contributed by atoms with Gasteiger partial charge in [0.05, 0.1) is 18.1 Å². The first-order valence-electron chi connectivity index (χ1n) is 9.79. The third kappa shape index (κ3) is 5.26. The number of alkyl halides is 1. The smallest absolute Gasteiger partial charge is 0.366 e. The van der Waals surface area contributed by atoms with Crippen LogP contribution in [0.2, 0.25) is 0 Å². The van der Waals surface area contributed by atoms with Crippen molar-refractivity contribution in [2.45, 2.75) is 36.5 Å². The van der Waals surface area contributed by atoms with Crippen molar-refractivity contribution in [3.05, 3.63) is 69.8 Å². The predicted molar refractivity (Wildman–Crippen MR) is 106 cm³/mol. The molecule has 1 fully saturated rings. The van der Waals surface area contributed by atoms with E-state index in [4.69, 9.17) is 4.74 Å². The van der Waals surface area contributed by atoms with Crippen LogP contribution in [-0.2, 0) is 25.7 Å². The van der Waals surface area contributed by atoms with Crippen molar-refractivity contribution in [3.63, 3.8) is 0 Å². The number of ether oxygens (including phenoxy) is 1. The lowest BCUT2D eigenvalue weighted by molar-refractivity contribution is -0.639. The van der Waals surface area contributed by atoms with Gasteiger partial charge in [-0.25, -0.2) is 4.79 Å². The number of rotatable bonds is 9.